The number of sulfonamides is 1. The summed E-state index contributed by atoms with van der Waals surface area (Å²) in [6, 6.07) is 8.05. The van der Waals surface area contributed by atoms with Gasteiger partial charge in [-0.25, -0.2) is 8.42 Å². The molecule has 1 aromatic heterocycles. The van der Waals surface area contributed by atoms with Crippen molar-refractivity contribution in [2.24, 2.45) is 0 Å². The van der Waals surface area contributed by atoms with Crippen molar-refractivity contribution in [1.82, 2.24) is 5.16 Å². The third-order valence-corrected chi connectivity index (χ3v) is 5.43. The molecule has 3 aromatic rings. The Labute approximate surface area is 144 Å². The molecule has 2 aromatic carbocycles. The molecule has 8 heteroatoms. The number of nitrogens with zero attached hydrogens (tertiary/aromatic N) is 1. The van der Waals surface area contributed by atoms with Crippen LogP contribution >= 0.6 is 0 Å². The zero-order valence-electron chi connectivity index (χ0n) is 13.7. The number of hydrogen-bond donors (Lipinski definition) is 1. The van der Waals surface area contributed by atoms with Crippen LogP contribution in [0, 0.1) is 13.8 Å². The predicted molar refractivity (Wildman–Crippen MR) is 91.7 cm³/mol. The minimum absolute atomic E-state index is 0.110. The lowest BCUT2D eigenvalue weighted by Gasteiger charge is -2.19. The topological polar surface area (TPSA) is 90.7 Å². The summed E-state index contributed by atoms with van der Waals surface area (Å²) >= 11 is 0. The second-order valence-corrected chi connectivity index (χ2v) is 7.52. The van der Waals surface area contributed by atoms with E-state index in [1.807, 2.05) is 0 Å². The molecule has 1 aliphatic heterocycles. The van der Waals surface area contributed by atoms with E-state index in [-0.39, 0.29) is 4.90 Å². The number of fused-ring (bicyclic) bond motifs is 2. The molecule has 0 radical (unpaired) electrons. The molecule has 1 N–H and O–H groups in total. The fraction of sp³-hybridized carbons (Fsp3) is 0.235. The molecule has 0 atom stereocenters. The van der Waals surface area contributed by atoms with E-state index in [0.717, 1.165) is 10.9 Å². The Balaban J connectivity index is 1.72. The number of anilines is 1. The highest BCUT2D eigenvalue weighted by Gasteiger charge is 2.21. The summed E-state index contributed by atoms with van der Waals surface area (Å²) in [6.07, 6.45) is 0. The Hall–Kier alpha value is -2.74. The Morgan fingerprint density at radius 2 is 1.80 bits per heavy atom. The second-order valence-electron chi connectivity index (χ2n) is 5.84. The molecule has 25 heavy (non-hydrogen) atoms. The van der Waals surface area contributed by atoms with Gasteiger partial charge in [-0.3, -0.25) is 4.72 Å². The highest BCUT2D eigenvalue weighted by Crippen LogP contribution is 2.33. The quantitative estimate of drug-likeness (QED) is 0.772. The van der Waals surface area contributed by atoms with Crippen LogP contribution in [0.25, 0.3) is 11.0 Å². The van der Waals surface area contributed by atoms with Gasteiger partial charge < -0.3 is 14.0 Å². The molecule has 0 spiro atoms. The van der Waals surface area contributed by atoms with E-state index in [0.29, 0.717) is 41.7 Å². The number of hydrogen-bond acceptors (Lipinski definition) is 6. The van der Waals surface area contributed by atoms with Crippen molar-refractivity contribution in [2.45, 2.75) is 18.7 Å². The molecule has 1 aliphatic rings. The average molecular weight is 360 g/mol. The van der Waals surface area contributed by atoms with Crippen LogP contribution in [0.5, 0.6) is 11.5 Å². The maximum Gasteiger partial charge on any atom is 0.262 e. The molecule has 0 aliphatic carbocycles. The molecule has 4 rings (SSSR count). The largest absolute Gasteiger partial charge is 0.486 e. The summed E-state index contributed by atoms with van der Waals surface area (Å²) in [5.41, 5.74) is 2.55. The van der Waals surface area contributed by atoms with Crippen LogP contribution in [0.3, 0.4) is 0 Å². The molecule has 0 amide bonds. The molecule has 130 valence electrons. The first-order valence-electron chi connectivity index (χ1n) is 7.73. The van der Waals surface area contributed by atoms with Crippen LogP contribution in [0.2, 0.25) is 0 Å². The Morgan fingerprint density at radius 1 is 1.04 bits per heavy atom. The van der Waals surface area contributed by atoms with Gasteiger partial charge in [-0.15, -0.1) is 0 Å². The van der Waals surface area contributed by atoms with Crippen molar-refractivity contribution in [3.63, 3.8) is 0 Å². The SMILES string of the molecule is Cc1cc2onc(C)c2cc1NS(=O)(=O)c1ccc2c(c1)OCCO2. The van der Waals surface area contributed by atoms with Crippen LogP contribution < -0.4 is 14.2 Å². The second kappa shape index (κ2) is 5.66. The maximum absolute atomic E-state index is 12.8. The van der Waals surface area contributed by atoms with Gasteiger partial charge in [0.2, 0.25) is 0 Å². The van der Waals surface area contributed by atoms with Crippen LogP contribution in [0.4, 0.5) is 5.69 Å². The third kappa shape index (κ3) is 2.78. The van der Waals surface area contributed by atoms with Crippen molar-refractivity contribution in [2.75, 3.05) is 17.9 Å². The molecule has 0 saturated heterocycles. The monoisotopic (exact) mass is 360 g/mol. The third-order valence-electron chi connectivity index (χ3n) is 4.07. The van der Waals surface area contributed by atoms with Gasteiger partial charge in [-0.1, -0.05) is 5.16 Å². The fourth-order valence-electron chi connectivity index (χ4n) is 2.71. The van der Waals surface area contributed by atoms with E-state index in [1.54, 1.807) is 32.0 Å². The van der Waals surface area contributed by atoms with Crippen LogP contribution in [-0.2, 0) is 10.0 Å². The molecule has 0 bridgehead atoms. The van der Waals surface area contributed by atoms with Crippen LogP contribution in [-0.4, -0.2) is 26.8 Å². The summed E-state index contributed by atoms with van der Waals surface area (Å²) < 4.78 is 44.2. The molecular formula is C17H16N2O5S. The molecule has 0 fully saturated rings. The van der Waals surface area contributed by atoms with Crippen molar-refractivity contribution in [1.29, 1.82) is 0 Å². The fourth-order valence-corrected chi connectivity index (χ4v) is 3.85. The molecule has 0 unspecified atom stereocenters. The van der Waals surface area contributed by atoms with Gasteiger partial charge in [0.05, 0.1) is 16.3 Å². The summed E-state index contributed by atoms with van der Waals surface area (Å²) in [6.45, 7) is 4.46. The predicted octanol–water partition coefficient (Wildman–Crippen LogP) is 3.02. The van der Waals surface area contributed by atoms with Gasteiger partial charge in [-0.05, 0) is 43.7 Å². The highest BCUT2D eigenvalue weighted by atomic mass is 32.2. The number of ether oxygens (including phenoxy) is 2. The lowest BCUT2D eigenvalue weighted by molar-refractivity contribution is 0.171. The molecule has 0 saturated carbocycles. The first-order valence-corrected chi connectivity index (χ1v) is 9.21. The van der Waals surface area contributed by atoms with Gasteiger partial charge in [-0.2, -0.15) is 0 Å². The lowest BCUT2D eigenvalue weighted by Crippen LogP contribution is -2.17. The average Bonchev–Trinajstić information content (AvgIpc) is 2.95. The molecule has 7 nitrogen and oxygen atoms in total. The minimum Gasteiger partial charge on any atom is -0.486 e. The highest BCUT2D eigenvalue weighted by molar-refractivity contribution is 7.92. The van der Waals surface area contributed by atoms with E-state index in [1.165, 1.54) is 12.1 Å². The number of nitrogens with one attached hydrogen (secondary N) is 1. The van der Waals surface area contributed by atoms with Gasteiger partial charge in [0.1, 0.15) is 13.2 Å². The van der Waals surface area contributed by atoms with E-state index in [9.17, 15) is 8.42 Å². The summed E-state index contributed by atoms with van der Waals surface area (Å²) in [5, 5.41) is 4.67. The Bertz CT molecular complexity index is 1070. The van der Waals surface area contributed by atoms with E-state index in [2.05, 4.69) is 9.88 Å². The standard InChI is InChI=1S/C17H16N2O5S/c1-10-7-16-13(11(2)18-24-16)9-14(10)19-25(20,21)12-3-4-15-17(8-12)23-6-5-22-15/h3-4,7-9,19H,5-6H2,1-2H3. The molecular weight excluding hydrogens is 344 g/mol. The van der Waals surface area contributed by atoms with E-state index >= 15 is 0 Å². The smallest absolute Gasteiger partial charge is 0.262 e. The zero-order chi connectivity index (χ0) is 17.6. The van der Waals surface area contributed by atoms with Gasteiger partial charge in [0.25, 0.3) is 10.0 Å². The van der Waals surface area contributed by atoms with Gasteiger partial charge >= 0.3 is 0 Å². The summed E-state index contributed by atoms with van der Waals surface area (Å²) in [4.78, 5) is 0.110. The first-order chi connectivity index (χ1) is 11.9. The normalized spacial score (nSPS) is 13.8. The number of benzene rings is 2. The van der Waals surface area contributed by atoms with Gasteiger partial charge in [0, 0.05) is 11.5 Å². The van der Waals surface area contributed by atoms with Crippen molar-refractivity contribution >= 4 is 26.7 Å². The first kappa shape index (κ1) is 15.8. The van der Waals surface area contributed by atoms with Gasteiger partial charge in [0.15, 0.2) is 17.1 Å². The maximum atomic E-state index is 12.8. The summed E-state index contributed by atoms with van der Waals surface area (Å²) in [5.74, 6) is 0.971. The lowest BCUT2D eigenvalue weighted by atomic mass is 10.1. The summed E-state index contributed by atoms with van der Waals surface area (Å²) in [7, 11) is -3.77. The minimum atomic E-state index is -3.77. The van der Waals surface area contributed by atoms with Crippen LogP contribution in [0.1, 0.15) is 11.3 Å². The number of rotatable bonds is 3. The van der Waals surface area contributed by atoms with E-state index in [4.69, 9.17) is 14.0 Å². The Kier molecular flexibility index (Phi) is 3.57. The van der Waals surface area contributed by atoms with Crippen molar-refractivity contribution < 1.29 is 22.4 Å². The number of aryl methyl sites for hydroxylation is 2. The van der Waals surface area contributed by atoms with Crippen LogP contribution in [0.15, 0.2) is 39.8 Å². The zero-order valence-corrected chi connectivity index (χ0v) is 14.5. The van der Waals surface area contributed by atoms with Crippen molar-refractivity contribution in [3.8, 4) is 11.5 Å². The Morgan fingerprint density at radius 3 is 2.60 bits per heavy atom. The van der Waals surface area contributed by atoms with Crippen molar-refractivity contribution in [3.05, 3.63) is 41.6 Å². The van der Waals surface area contributed by atoms with E-state index < -0.39 is 10.0 Å². The molecule has 2 heterocycles. The number of aromatic nitrogens is 1.